The van der Waals surface area contributed by atoms with Crippen LogP contribution in [0.15, 0.2) is 30.3 Å². The van der Waals surface area contributed by atoms with Crippen LogP contribution in [-0.4, -0.2) is 43.3 Å². The molecule has 1 aromatic rings. The van der Waals surface area contributed by atoms with Crippen LogP contribution in [0.5, 0.6) is 0 Å². The highest BCUT2D eigenvalue weighted by Crippen LogP contribution is 2.23. The van der Waals surface area contributed by atoms with Crippen molar-refractivity contribution in [2.75, 3.05) is 32.8 Å². The van der Waals surface area contributed by atoms with E-state index in [0.717, 1.165) is 39.3 Å². The second kappa shape index (κ2) is 4.17. The summed E-state index contributed by atoms with van der Waals surface area (Å²) in [4.78, 5) is 2.50. The van der Waals surface area contributed by atoms with E-state index in [-0.39, 0.29) is 5.60 Å². The van der Waals surface area contributed by atoms with Crippen LogP contribution >= 0.6 is 0 Å². The van der Waals surface area contributed by atoms with Crippen LogP contribution in [0.25, 0.3) is 0 Å². The van der Waals surface area contributed by atoms with E-state index in [1.165, 1.54) is 5.56 Å². The van der Waals surface area contributed by atoms with Crippen molar-refractivity contribution in [3.63, 3.8) is 0 Å². The molecule has 2 aliphatic rings. The Hall–Kier alpha value is -0.900. The molecule has 86 valence electrons. The van der Waals surface area contributed by atoms with Gasteiger partial charge in [0, 0.05) is 32.7 Å². The summed E-state index contributed by atoms with van der Waals surface area (Å²) in [6.07, 6.45) is 0. The Bertz CT molecular complexity index is 348. The Kier molecular flexibility index (Phi) is 2.67. The van der Waals surface area contributed by atoms with Crippen molar-refractivity contribution in [1.29, 1.82) is 0 Å². The van der Waals surface area contributed by atoms with Crippen molar-refractivity contribution in [3.8, 4) is 0 Å². The van der Waals surface area contributed by atoms with Crippen molar-refractivity contribution in [3.05, 3.63) is 35.9 Å². The zero-order chi connectivity index (χ0) is 10.8. The van der Waals surface area contributed by atoms with Crippen molar-refractivity contribution < 1.29 is 4.74 Å². The molecule has 0 bridgehead atoms. The predicted octanol–water partition coefficient (Wildman–Crippen LogP) is 0.861. The van der Waals surface area contributed by atoms with Gasteiger partial charge in [-0.05, 0) is 5.56 Å². The molecule has 0 atom stereocenters. The first kappa shape index (κ1) is 10.3. The molecule has 0 radical (unpaired) electrons. The van der Waals surface area contributed by atoms with Crippen LogP contribution in [0.4, 0.5) is 0 Å². The maximum atomic E-state index is 5.87. The topological polar surface area (TPSA) is 24.5 Å². The van der Waals surface area contributed by atoms with E-state index in [4.69, 9.17) is 4.74 Å². The maximum absolute atomic E-state index is 5.87. The third kappa shape index (κ3) is 1.98. The molecule has 1 spiro atoms. The Labute approximate surface area is 96.4 Å². The highest BCUT2D eigenvalue weighted by atomic mass is 16.5. The molecule has 3 heteroatoms. The molecule has 0 unspecified atom stereocenters. The van der Waals surface area contributed by atoms with Crippen LogP contribution in [0, 0.1) is 0 Å². The number of morpholine rings is 1. The molecule has 0 aliphatic carbocycles. The van der Waals surface area contributed by atoms with Gasteiger partial charge in [-0.25, -0.2) is 0 Å². The lowest BCUT2D eigenvalue weighted by Gasteiger charge is -2.48. The van der Waals surface area contributed by atoms with E-state index < -0.39 is 0 Å². The van der Waals surface area contributed by atoms with E-state index >= 15 is 0 Å². The van der Waals surface area contributed by atoms with E-state index in [2.05, 4.69) is 40.5 Å². The fourth-order valence-electron chi connectivity index (χ4n) is 2.52. The van der Waals surface area contributed by atoms with Crippen molar-refractivity contribution in [2.24, 2.45) is 0 Å². The summed E-state index contributed by atoms with van der Waals surface area (Å²) in [6.45, 7) is 6.06. The highest BCUT2D eigenvalue weighted by molar-refractivity contribution is 5.15. The van der Waals surface area contributed by atoms with Gasteiger partial charge < -0.3 is 10.1 Å². The molecule has 2 heterocycles. The molecule has 0 saturated carbocycles. The maximum Gasteiger partial charge on any atom is 0.106 e. The molecular weight excluding hydrogens is 200 g/mol. The van der Waals surface area contributed by atoms with Crippen LogP contribution in [0.1, 0.15) is 5.56 Å². The van der Waals surface area contributed by atoms with Gasteiger partial charge in [-0.15, -0.1) is 0 Å². The molecule has 2 saturated heterocycles. The Morgan fingerprint density at radius 1 is 1.25 bits per heavy atom. The molecule has 1 N–H and O–H groups in total. The van der Waals surface area contributed by atoms with Gasteiger partial charge in [0.25, 0.3) is 0 Å². The van der Waals surface area contributed by atoms with Crippen molar-refractivity contribution in [2.45, 2.75) is 12.1 Å². The third-order valence-corrected chi connectivity index (χ3v) is 3.47. The Morgan fingerprint density at radius 2 is 2.06 bits per heavy atom. The van der Waals surface area contributed by atoms with Gasteiger partial charge in [-0.3, -0.25) is 4.90 Å². The van der Waals surface area contributed by atoms with Crippen LogP contribution in [0.2, 0.25) is 0 Å². The standard InChI is InChI=1S/C13H18N2O/c1-2-4-12(5-3-1)8-15-6-7-16-13(11-15)9-14-10-13/h1-5,14H,6-11H2. The van der Waals surface area contributed by atoms with E-state index in [1.54, 1.807) is 0 Å². The lowest BCUT2D eigenvalue weighted by atomic mass is 9.94. The minimum Gasteiger partial charge on any atom is -0.370 e. The molecule has 0 aromatic heterocycles. The summed E-state index contributed by atoms with van der Waals surface area (Å²) in [5.74, 6) is 0. The summed E-state index contributed by atoms with van der Waals surface area (Å²) < 4.78 is 5.87. The minimum absolute atomic E-state index is 0.118. The van der Waals surface area contributed by atoms with E-state index in [0.29, 0.717) is 0 Å². The van der Waals surface area contributed by atoms with Crippen molar-refractivity contribution in [1.82, 2.24) is 10.2 Å². The Balaban J connectivity index is 1.63. The summed E-state index contributed by atoms with van der Waals surface area (Å²) >= 11 is 0. The van der Waals surface area contributed by atoms with Gasteiger partial charge in [0.2, 0.25) is 0 Å². The SMILES string of the molecule is c1ccc(CN2CCOC3(CNC3)C2)cc1. The van der Waals surface area contributed by atoms with Gasteiger partial charge in [0.15, 0.2) is 0 Å². The summed E-state index contributed by atoms with van der Waals surface area (Å²) in [5, 5.41) is 3.30. The predicted molar refractivity (Wildman–Crippen MR) is 63.3 cm³/mol. The fourth-order valence-corrected chi connectivity index (χ4v) is 2.52. The average molecular weight is 218 g/mol. The monoisotopic (exact) mass is 218 g/mol. The quantitative estimate of drug-likeness (QED) is 0.797. The number of rotatable bonds is 2. The minimum atomic E-state index is 0.118. The van der Waals surface area contributed by atoms with Gasteiger partial charge in [0.05, 0.1) is 6.61 Å². The molecule has 2 fully saturated rings. The van der Waals surface area contributed by atoms with Gasteiger partial charge in [-0.1, -0.05) is 30.3 Å². The van der Waals surface area contributed by atoms with Crippen LogP contribution < -0.4 is 5.32 Å². The highest BCUT2D eigenvalue weighted by Gasteiger charge is 2.41. The molecule has 0 amide bonds. The van der Waals surface area contributed by atoms with Crippen molar-refractivity contribution >= 4 is 0 Å². The molecule has 3 rings (SSSR count). The number of hydrogen-bond donors (Lipinski definition) is 1. The zero-order valence-corrected chi connectivity index (χ0v) is 9.48. The second-order valence-electron chi connectivity index (χ2n) is 4.83. The number of nitrogens with zero attached hydrogens (tertiary/aromatic N) is 1. The zero-order valence-electron chi connectivity index (χ0n) is 9.48. The van der Waals surface area contributed by atoms with Gasteiger partial charge >= 0.3 is 0 Å². The van der Waals surface area contributed by atoms with Crippen LogP contribution in [0.3, 0.4) is 0 Å². The largest absolute Gasteiger partial charge is 0.370 e. The third-order valence-electron chi connectivity index (χ3n) is 3.47. The first-order valence-electron chi connectivity index (χ1n) is 5.97. The lowest BCUT2D eigenvalue weighted by molar-refractivity contribution is -0.137. The fraction of sp³-hybridized carbons (Fsp3) is 0.538. The number of hydrogen-bond acceptors (Lipinski definition) is 3. The normalized spacial score (nSPS) is 24.2. The van der Waals surface area contributed by atoms with Gasteiger partial charge in [0.1, 0.15) is 5.60 Å². The first-order chi connectivity index (χ1) is 7.86. The molecular formula is C13H18N2O. The average Bonchev–Trinajstić information content (AvgIpc) is 2.29. The molecule has 3 nitrogen and oxygen atoms in total. The Morgan fingerprint density at radius 3 is 2.75 bits per heavy atom. The summed E-state index contributed by atoms with van der Waals surface area (Å²) in [5.41, 5.74) is 1.51. The second-order valence-corrected chi connectivity index (χ2v) is 4.83. The van der Waals surface area contributed by atoms with Crippen LogP contribution in [-0.2, 0) is 11.3 Å². The number of benzene rings is 1. The number of nitrogens with one attached hydrogen (secondary N) is 1. The van der Waals surface area contributed by atoms with E-state index in [1.807, 2.05) is 0 Å². The molecule has 2 aliphatic heterocycles. The molecule has 16 heavy (non-hydrogen) atoms. The smallest absolute Gasteiger partial charge is 0.106 e. The summed E-state index contributed by atoms with van der Waals surface area (Å²) in [6, 6.07) is 10.7. The first-order valence-corrected chi connectivity index (χ1v) is 5.97. The number of ether oxygens (including phenoxy) is 1. The van der Waals surface area contributed by atoms with E-state index in [9.17, 15) is 0 Å². The van der Waals surface area contributed by atoms with Gasteiger partial charge in [-0.2, -0.15) is 0 Å². The lowest BCUT2D eigenvalue weighted by Crippen LogP contribution is -2.68. The molecule has 1 aromatic carbocycles. The summed E-state index contributed by atoms with van der Waals surface area (Å²) in [7, 11) is 0.